The van der Waals surface area contributed by atoms with Gasteiger partial charge in [-0.25, -0.2) is 0 Å². The summed E-state index contributed by atoms with van der Waals surface area (Å²) < 4.78 is 4.84. The van der Waals surface area contributed by atoms with Gasteiger partial charge in [0.05, 0.1) is 5.56 Å². The molecule has 0 aliphatic carbocycles. The maximum absolute atomic E-state index is 7.38. The summed E-state index contributed by atoms with van der Waals surface area (Å²) in [6.07, 6.45) is 1.39. The van der Waals surface area contributed by atoms with Crippen LogP contribution in [-0.2, 0) is 0 Å². The third-order valence-electron chi connectivity index (χ3n) is 2.21. The van der Waals surface area contributed by atoms with E-state index in [-0.39, 0.29) is 5.17 Å². The molecule has 1 N–H and O–H groups in total. The monoisotopic (exact) mass is 220 g/mol. The lowest BCUT2D eigenvalue weighted by Gasteiger charge is -2.02. The van der Waals surface area contributed by atoms with Crippen molar-refractivity contribution in [3.8, 4) is 11.3 Å². The van der Waals surface area contributed by atoms with Crippen molar-refractivity contribution >= 4 is 16.8 Å². The second-order valence-corrected chi connectivity index (χ2v) is 3.58. The van der Waals surface area contributed by atoms with E-state index in [0.717, 1.165) is 11.1 Å². The van der Waals surface area contributed by atoms with Gasteiger partial charge in [0.1, 0.15) is 17.1 Å². The molecule has 0 amide bonds. The predicted molar refractivity (Wildman–Crippen MR) is 59.4 cm³/mol. The van der Waals surface area contributed by atoms with Gasteiger partial charge < -0.3 is 4.52 Å². The summed E-state index contributed by atoms with van der Waals surface area (Å²) in [4.78, 5) is 0. The van der Waals surface area contributed by atoms with Crippen molar-refractivity contribution in [2.24, 2.45) is 0 Å². The van der Waals surface area contributed by atoms with Crippen LogP contribution >= 0.6 is 11.6 Å². The molecular formula is C11H9ClN2O. The Hall–Kier alpha value is -1.61. The van der Waals surface area contributed by atoms with Crippen LogP contribution in [0.25, 0.3) is 11.3 Å². The molecule has 0 saturated heterocycles. The molecule has 76 valence electrons. The standard InChI is InChI=1S/C11H9ClN2O/c1-7-4-2-3-5-8(7)10-9(11(12)13)6-15-14-10/h2-6,13H,1H3. The SMILES string of the molecule is Cc1ccccc1-c1nocc1C(=N)Cl. The molecule has 0 aliphatic heterocycles. The fourth-order valence-electron chi connectivity index (χ4n) is 1.43. The second kappa shape index (κ2) is 3.87. The van der Waals surface area contributed by atoms with Crippen LogP contribution in [0.2, 0.25) is 0 Å². The number of halogens is 1. The van der Waals surface area contributed by atoms with E-state index in [1.165, 1.54) is 6.26 Å². The molecule has 15 heavy (non-hydrogen) atoms. The summed E-state index contributed by atoms with van der Waals surface area (Å²) in [6, 6.07) is 7.77. The molecule has 1 heterocycles. The summed E-state index contributed by atoms with van der Waals surface area (Å²) >= 11 is 5.64. The van der Waals surface area contributed by atoms with Crippen molar-refractivity contribution in [1.82, 2.24) is 5.16 Å². The van der Waals surface area contributed by atoms with Gasteiger partial charge in [0, 0.05) is 5.56 Å². The van der Waals surface area contributed by atoms with Crippen LogP contribution in [0.1, 0.15) is 11.1 Å². The lowest BCUT2D eigenvalue weighted by molar-refractivity contribution is 0.422. The van der Waals surface area contributed by atoms with Gasteiger partial charge in [0.2, 0.25) is 0 Å². The van der Waals surface area contributed by atoms with Crippen LogP contribution in [-0.4, -0.2) is 10.3 Å². The van der Waals surface area contributed by atoms with E-state index >= 15 is 0 Å². The quantitative estimate of drug-likeness (QED) is 0.790. The molecular weight excluding hydrogens is 212 g/mol. The Labute approximate surface area is 92.2 Å². The minimum absolute atomic E-state index is 0.0606. The van der Waals surface area contributed by atoms with E-state index in [1.807, 2.05) is 31.2 Å². The lowest BCUT2D eigenvalue weighted by Crippen LogP contribution is -1.92. The highest BCUT2D eigenvalue weighted by atomic mass is 35.5. The first kappa shape index (κ1) is 9.93. The molecule has 3 nitrogen and oxygen atoms in total. The molecule has 0 saturated carbocycles. The highest BCUT2D eigenvalue weighted by Gasteiger charge is 2.14. The van der Waals surface area contributed by atoms with E-state index in [2.05, 4.69) is 5.16 Å². The molecule has 2 rings (SSSR count). The molecule has 0 aliphatic rings. The van der Waals surface area contributed by atoms with Crippen LogP contribution in [0.3, 0.4) is 0 Å². The van der Waals surface area contributed by atoms with Crippen LogP contribution in [0.5, 0.6) is 0 Å². The van der Waals surface area contributed by atoms with Crippen molar-refractivity contribution in [2.45, 2.75) is 6.92 Å². The molecule has 0 atom stereocenters. The van der Waals surface area contributed by atoms with E-state index < -0.39 is 0 Å². The third-order valence-corrected chi connectivity index (χ3v) is 2.41. The molecule has 1 aromatic heterocycles. The lowest BCUT2D eigenvalue weighted by atomic mass is 10.0. The summed E-state index contributed by atoms with van der Waals surface area (Å²) in [6.45, 7) is 1.98. The number of nitrogens with zero attached hydrogens (tertiary/aromatic N) is 1. The third kappa shape index (κ3) is 1.78. The Morgan fingerprint density at radius 2 is 2.13 bits per heavy atom. The molecule has 4 heteroatoms. The second-order valence-electron chi connectivity index (χ2n) is 3.21. The Kier molecular flexibility index (Phi) is 2.56. The highest BCUT2D eigenvalue weighted by Crippen LogP contribution is 2.26. The molecule has 0 spiro atoms. The van der Waals surface area contributed by atoms with Gasteiger partial charge in [-0.05, 0) is 12.5 Å². The number of rotatable bonds is 2. The highest BCUT2D eigenvalue weighted by molar-refractivity contribution is 6.69. The zero-order valence-corrected chi connectivity index (χ0v) is 8.88. The molecule has 0 radical (unpaired) electrons. The molecule has 0 unspecified atom stereocenters. The molecule has 0 bridgehead atoms. The van der Waals surface area contributed by atoms with Crippen LogP contribution in [0.15, 0.2) is 35.1 Å². The minimum atomic E-state index is -0.0606. The Balaban J connectivity index is 2.59. The average molecular weight is 221 g/mol. The molecule has 0 fully saturated rings. The van der Waals surface area contributed by atoms with E-state index in [0.29, 0.717) is 11.3 Å². The first-order valence-corrected chi connectivity index (χ1v) is 4.82. The summed E-state index contributed by atoms with van der Waals surface area (Å²) in [7, 11) is 0. The Morgan fingerprint density at radius 1 is 1.40 bits per heavy atom. The van der Waals surface area contributed by atoms with Crippen molar-refractivity contribution < 1.29 is 4.52 Å². The minimum Gasteiger partial charge on any atom is -0.363 e. The van der Waals surface area contributed by atoms with Crippen molar-refractivity contribution in [1.29, 1.82) is 5.41 Å². The number of hydrogen-bond donors (Lipinski definition) is 1. The van der Waals surface area contributed by atoms with Crippen molar-refractivity contribution in [3.63, 3.8) is 0 Å². The maximum atomic E-state index is 7.38. The molecule has 1 aromatic carbocycles. The first-order chi connectivity index (χ1) is 7.20. The summed E-state index contributed by atoms with van der Waals surface area (Å²) in [5.41, 5.74) is 3.15. The maximum Gasteiger partial charge on any atom is 0.134 e. The predicted octanol–water partition coefficient (Wildman–Crippen LogP) is 3.21. The average Bonchev–Trinajstić information content (AvgIpc) is 2.67. The normalized spacial score (nSPS) is 10.3. The van der Waals surface area contributed by atoms with Crippen LogP contribution in [0, 0.1) is 12.3 Å². The number of hydrogen-bond acceptors (Lipinski definition) is 3. The fraction of sp³-hybridized carbons (Fsp3) is 0.0909. The largest absolute Gasteiger partial charge is 0.363 e. The zero-order valence-electron chi connectivity index (χ0n) is 8.12. The Morgan fingerprint density at radius 3 is 2.80 bits per heavy atom. The topological polar surface area (TPSA) is 49.9 Å². The fourth-order valence-corrected chi connectivity index (χ4v) is 1.56. The number of benzene rings is 1. The van der Waals surface area contributed by atoms with Gasteiger partial charge in [0.25, 0.3) is 0 Å². The van der Waals surface area contributed by atoms with Gasteiger partial charge in [-0.3, -0.25) is 5.41 Å². The van der Waals surface area contributed by atoms with Gasteiger partial charge in [-0.2, -0.15) is 0 Å². The first-order valence-electron chi connectivity index (χ1n) is 4.45. The van der Waals surface area contributed by atoms with E-state index in [9.17, 15) is 0 Å². The van der Waals surface area contributed by atoms with Crippen LogP contribution in [0.4, 0.5) is 0 Å². The molecule has 2 aromatic rings. The van der Waals surface area contributed by atoms with Gasteiger partial charge >= 0.3 is 0 Å². The van der Waals surface area contributed by atoms with Gasteiger partial charge in [0.15, 0.2) is 0 Å². The van der Waals surface area contributed by atoms with Gasteiger partial charge in [-0.15, -0.1) is 0 Å². The number of aromatic nitrogens is 1. The summed E-state index contributed by atoms with van der Waals surface area (Å²) in [5.74, 6) is 0. The van der Waals surface area contributed by atoms with Crippen molar-refractivity contribution in [3.05, 3.63) is 41.7 Å². The summed E-state index contributed by atoms with van der Waals surface area (Å²) in [5, 5.41) is 11.2. The van der Waals surface area contributed by atoms with Crippen molar-refractivity contribution in [2.75, 3.05) is 0 Å². The van der Waals surface area contributed by atoms with Crippen LogP contribution < -0.4 is 0 Å². The Bertz CT molecular complexity index is 505. The number of nitrogens with one attached hydrogen (secondary N) is 1. The number of aryl methyl sites for hydroxylation is 1. The van der Waals surface area contributed by atoms with Gasteiger partial charge in [-0.1, -0.05) is 41.0 Å². The van der Waals surface area contributed by atoms with E-state index in [4.69, 9.17) is 21.5 Å². The van der Waals surface area contributed by atoms with E-state index in [1.54, 1.807) is 0 Å². The zero-order chi connectivity index (χ0) is 10.8. The smallest absolute Gasteiger partial charge is 0.134 e.